The highest BCUT2D eigenvalue weighted by Crippen LogP contribution is 2.29. The molecule has 0 saturated heterocycles. The summed E-state index contributed by atoms with van der Waals surface area (Å²) in [7, 11) is 0. The Bertz CT molecular complexity index is 481. The predicted molar refractivity (Wildman–Crippen MR) is 63.7 cm³/mol. The molecule has 16 heavy (non-hydrogen) atoms. The van der Waals surface area contributed by atoms with E-state index in [2.05, 4.69) is 4.98 Å². The number of rotatable bonds is 4. The number of fused-ring (bicyclic) bond motifs is 1. The number of hydrogen-bond donors (Lipinski definition) is 0. The molecule has 1 saturated carbocycles. The third kappa shape index (κ3) is 1.89. The normalized spacial score (nSPS) is 16.5. The molecule has 4 heteroatoms. The number of Topliss-reactive ketones (excluding diaryl/α,β-unsaturated/α-hetero) is 1. The molecule has 2 aromatic rings. The van der Waals surface area contributed by atoms with E-state index >= 15 is 0 Å². The summed E-state index contributed by atoms with van der Waals surface area (Å²) >= 11 is 1.61. The van der Waals surface area contributed by atoms with Gasteiger partial charge in [-0.25, -0.2) is 4.98 Å². The molecule has 2 heterocycles. The lowest BCUT2D eigenvalue weighted by molar-refractivity contribution is -0.119. The van der Waals surface area contributed by atoms with Crippen molar-refractivity contribution in [1.82, 2.24) is 9.38 Å². The number of ketones is 1. The van der Waals surface area contributed by atoms with Crippen LogP contribution in [-0.4, -0.2) is 15.2 Å². The van der Waals surface area contributed by atoms with E-state index in [1.54, 1.807) is 11.3 Å². The van der Waals surface area contributed by atoms with Gasteiger partial charge in [0.25, 0.3) is 0 Å². The zero-order valence-corrected chi connectivity index (χ0v) is 9.87. The largest absolute Gasteiger partial charge is 0.299 e. The van der Waals surface area contributed by atoms with Gasteiger partial charge in [0.15, 0.2) is 4.96 Å². The Morgan fingerprint density at radius 1 is 1.56 bits per heavy atom. The average molecular weight is 234 g/mol. The molecule has 0 aromatic carbocycles. The van der Waals surface area contributed by atoms with Gasteiger partial charge in [-0.1, -0.05) is 19.3 Å². The van der Waals surface area contributed by atoms with Gasteiger partial charge in [0.2, 0.25) is 0 Å². The molecule has 3 nitrogen and oxygen atoms in total. The second kappa shape index (κ2) is 4.01. The quantitative estimate of drug-likeness (QED) is 0.815. The second-order valence-electron chi connectivity index (χ2n) is 4.54. The van der Waals surface area contributed by atoms with Gasteiger partial charge in [0.1, 0.15) is 5.78 Å². The Morgan fingerprint density at radius 3 is 3.12 bits per heavy atom. The maximum atomic E-state index is 11.8. The number of aromatic nitrogens is 2. The van der Waals surface area contributed by atoms with Crippen LogP contribution in [0.3, 0.4) is 0 Å². The number of nitrogens with zero attached hydrogens (tertiary/aromatic N) is 2. The summed E-state index contributed by atoms with van der Waals surface area (Å²) in [5, 5.41) is 2.00. The highest BCUT2D eigenvalue weighted by molar-refractivity contribution is 7.15. The molecule has 0 unspecified atom stereocenters. The topological polar surface area (TPSA) is 34.4 Å². The molecule has 1 aliphatic rings. The van der Waals surface area contributed by atoms with Gasteiger partial charge in [-0.05, 0) is 5.92 Å². The molecule has 0 amide bonds. The first-order valence-electron chi connectivity index (χ1n) is 5.74. The molecular weight excluding hydrogens is 220 g/mol. The van der Waals surface area contributed by atoms with Gasteiger partial charge in [-0.15, -0.1) is 11.3 Å². The van der Waals surface area contributed by atoms with Crippen molar-refractivity contribution in [2.75, 3.05) is 0 Å². The van der Waals surface area contributed by atoms with Crippen LogP contribution in [0.5, 0.6) is 0 Å². The summed E-state index contributed by atoms with van der Waals surface area (Å²) in [6, 6.07) is 0. The van der Waals surface area contributed by atoms with E-state index in [0.29, 0.717) is 18.1 Å². The Labute approximate surface area is 98.1 Å². The molecular formula is C12H14N2OS. The fourth-order valence-corrected chi connectivity index (χ4v) is 2.87. The lowest BCUT2D eigenvalue weighted by atomic mass is 9.81. The fraction of sp³-hybridized carbons (Fsp3) is 0.500. The van der Waals surface area contributed by atoms with Crippen LogP contribution >= 0.6 is 11.3 Å². The molecule has 84 valence electrons. The van der Waals surface area contributed by atoms with Gasteiger partial charge in [-0.3, -0.25) is 9.20 Å². The van der Waals surface area contributed by atoms with Crippen LogP contribution in [0.4, 0.5) is 0 Å². The zero-order chi connectivity index (χ0) is 11.0. The maximum Gasteiger partial charge on any atom is 0.193 e. The van der Waals surface area contributed by atoms with Crippen molar-refractivity contribution in [3.63, 3.8) is 0 Å². The standard InChI is InChI=1S/C12H14N2OS/c15-11(6-9-2-1-3-9)7-10-8-14-4-5-16-12(14)13-10/h4-5,8-9H,1-3,6-7H2. The minimum absolute atomic E-state index is 0.343. The maximum absolute atomic E-state index is 11.8. The zero-order valence-electron chi connectivity index (χ0n) is 9.06. The molecule has 2 aromatic heterocycles. The molecule has 0 atom stereocenters. The number of carbonyl (C=O) groups excluding carboxylic acids is 1. The first-order chi connectivity index (χ1) is 7.81. The molecule has 0 radical (unpaired) electrons. The SMILES string of the molecule is O=C(Cc1cn2ccsc2n1)CC1CCC1. The van der Waals surface area contributed by atoms with Crippen molar-refractivity contribution in [2.45, 2.75) is 32.1 Å². The van der Waals surface area contributed by atoms with Crippen molar-refractivity contribution in [2.24, 2.45) is 5.92 Å². The van der Waals surface area contributed by atoms with E-state index in [1.807, 2.05) is 22.2 Å². The van der Waals surface area contributed by atoms with Crippen LogP contribution in [0.25, 0.3) is 4.96 Å². The van der Waals surface area contributed by atoms with Crippen LogP contribution in [0.2, 0.25) is 0 Å². The highest BCUT2D eigenvalue weighted by atomic mass is 32.1. The predicted octanol–water partition coefficient (Wildman–Crippen LogP) is 2.70. The van der Waals surface area contributed by atoms with Crippen molar-refractivity contribution < 1.29 is 4.79 Å². The molecule has 1 fully saturated rings. The Morgan fingerprint density at radius 2 is 2.44 bits per heavy atom. The Balaban J connectivity index is 1.64. The van der Waals surface area contributed by atoms with E-state index in [0.717, 1.165) is 17.1 Å². The Kier molecular flexibility index (Phi) is 2.52. The number of carbonyl (C=O) groups is 1. The molecule has 1 aliphatic carbocycles. The summed E-state index contributed by atoms with van der Waals surface area (Å²) in [6.07, 6.45) is 8.99. The van der Waals surface area contributed by atoms with Crippen molar-refractivity contribution in [3.8, 4) is 0 Å². The summed E-state index contributed by atoms with van der Waals surface area (Å²) < 4.78 is 1.98. The molecule has 3 rings (SSSR count). The average Bonchev–Trinajstić information content (AvgIpc) is 2.71. The van der Waals surface area contributed by atoms with E-state index in [9.17, 15) is 4.79 Å². The van der Waals surface area contributed by atoms with Gasteiger partial charge in [0, 0.05) is 24.2 Å². The lowest BCUT2D eigenvalue weighted by Crippen LogP contribution is -2.17. The van der Waals surface area contributed by atoms with Crippen LogP contribution in [0.1, 0.15) is 31.4 Å². The number of hydrogen-bond acceptors (Lipinski definition) is 3. The highest BCUT2D eigenvalue weighted by Gasteiger charge is 2.21. The third-order valence-corrected chi connectivity index (χ3v) is 4.03. The van der Waals surface area contributed by atoms with Gasteiger partial charge >= 0.3 is 0 Å². The van der Waals surface area contributed by atoms with E-state index < -0.39 is 0 Å². The fourth-order valence-electron chi connectivity index (χ4n) is 2.15. The minimum atomic E-state index is 0.343. The summed E-state index contributed by atoms with van der Waals surface area (Å²) in [5.41, 5.74) is 0.913. The van der Waals surface area contributed by atoms with Crippen molar-refractivity contribution in [1.29, 1.82) is 0 Å². The third-order valence-electron chi connectivity index (χ3n) is 3.26. The smallest absolute Gasteiger partial charge is 0.193 e. The summed E-state index contributed by atoms with van der Waals surface area (Å²) in [6.45, 7) is 0. The first kappa shape index (κ1) is 10.0. The van der Waals surface area contributed by atoms with Gasteiger partial charge in [-0.2, -0.15) is 0 Å². The lowest BCUT2D eigenvalue weighted by Gasteiger charge is -2.24. The first-order valence-corrected chi connectivity index (χ1v) is 6.62. The summed E-state index contributed by atoms with van der Waals surface area (Å²) in [5.74, 6) is 1.01. The van der Waals surface area contributed by atoms with Gasteiger partial charge in [0.05, 0.1) is 12.1 Å². The molecule has 0 aliphatic heterocycles. The van der Waals surface area contributed by atoms with E-state index in [1.165, 1.54) is 19.3 Å². The van der Waals surface area contributed by atoms with Crippen LogP contribution < -0.4 is 0 Å². The van der Waals surface area contributed by atoms with E-state index in [-0.39, 0.29) is 0 Å². The molecule has 0 spiro atoms. The second-order valence-corrected chi connectivity index (χ2v) is 5.41. The van der Waals surface area contributed by atoms with Crippen LogP contribution in [-0.2, 0) is 11.2 Å². The van der Waals surface area contributed by atoms with E-state index in [4.69, 9.17) is 0 Å². The number of imidazole rings is 1. The van der Waals surface area contributed by atoms with Crippen molar-refractivity contribution >= 4 is 22.1 Å². The minimum Gasteiger partial charge on any atom is -0.299 e. The monoisotopic (exact) mass is 234 g/mol. The summed E-state index contributed by atoms with van der Waals surface area (Å²) in [4.78, 5) is 17.2. The van der Waals surface area contributed by atoms with Gasteiger partial charge < -0.3 is 0 Å². The molecule has 0 bridgehead atoms. The molecule has 0 N–H and O–H groups in total. The van der Waals surface area contributed by atoms with Crippen molar-refractivity contribution in [3.05, 3.63) is 23.5 Å². The number of thiazole rings is 1. The van der Waals surface area contributed by atoms with Crippen LogP contribution in [0.15, 0.2) is 17.8 Å². The van der Waals surface area contributed by atoms with Crippen LogP contribution in [0, 0.1) is 5.92 Å². The Hall–Kier alpha value is -1.16.